The van der Waals surface area contributed by atoms with Crippen LogP contribution in [0.25, 0.3) is 0 Å². The molecule has 0 amide bonds. The van der Waals surface area contributed by atoms with Crippen LogP contribution in [0.2, 0.25) is 0 Å². The molecule has 1 rings (SSSR count). The van der Waals surface area contributed by atoms with Crippen LogP contribution in [-0.2, 0) is 13.1 Å². The largest absolute Gasteiger partial charge is 0.376 e. The Hall–Kier alpha value is -2.46. The Balaban J connectivity index is 2.86. The zero-order valence-corrected chi connectivity index (χ0v) is 15.2. The standard InChI is InChI=1S/C14H22N8S2/c1-7-3-10(6-20-12(16)22-14(18)24)8(2)4-9(7)5-19-11(15)21-13(17)23/h3-4H,5-6H2,1-2H3,(H5,15,17,19,21,23)(H5,16,18,20,22,24). The summed E-state index contributed by atoms with van der Waals surface area (Å²) in [5.41, 5.74) is 26.2. The number of rotatable bonds is 4. The molecule has 0 aliphatic carbocycles. The van der Waals surface area contributed by atoms with Gasteiger partial charge in [0.15, 0.2) is 22.1 Å². The topological polar surface area (TPSA) is 153 Å². The molecule has 0 heterocycles. The predicted molar refractivity (Wildman–Crippen MR) is 106 cm³/mol. The van der Waals surface area contributed by atoms with Crippen LogP contribution in [-0.4, -0.2) is 22.1 Å². The molecular weight excluding hydrogens is 344 g/mol. The summed E-state index contributed by atoms with van der Waals surface area (Å²) in [6.45, 7) is 4.82. The van der Waals surface area contributed by atoms with Gasteiger partial charge in [-0.05, 0) is 60.5 Å². The molecule has 1 aromatic carbocycles. The van der Waals surface area contributed by atoms with Crippen LogP contribution in [0.15, 0.2) is 22.1 Å². The van der Waals surface area contributed by atoms with Gasteiger partial charge in [-0.3, -0.25) is 0 Å². The highest BCUT2D eigenvalue weighted by Crippen LogP contribution is 2.18. The van der Waals surface area contributed by atoms with Gasteiger partial charge in [0.2, 0.25) is 0 Å². The predicted octanol–water partition coefficient (Wildman–Crippen LogP) is -0.401. The lowest BCUT2D eigenvalue weighted by Crippen LogP contribution is -2.40. The van der Waals surface area contributed by atoms with Crippen molar-refractivity contribution in [2.75, 3.05) is 0 Å². The third kappa shape index (κ3) is 6.75. The number of aliphatic imine (C=N–C) groups is 2. The summed E-state index contributed by atoms with van der Waals surface area (Å²) in [7, 11) is 0. The molecule has 0 aromatic heterocycles. The zero-order chi connectivity index (χ0) is 18.3. The summed E-state index contributed by atoms with van der Waals surface area (Å²) >= 11 is 9.41. The van der Waals surface area contributed by atoms with E-state index in [1.54, 1.807) is 0 Å². The van der Waals surface area contributed by atoms with E-state index in [-0.39, 0.29) is 22.1 Å². The van der Waals surface area contributed by atoms with Crippen molar-refractivity contribution >= 4 is 46.6 Å². The lowest BCUT2D eigenvalue weighted by Gasteiger charge is -2.11. The van der Waals surface area contributed by atoms with Crippen LogP contribution in [0.1, 0.15) is 22.3 Å². The maximum Gasteiger partial charge on any atom is 0.195 e. The number of nitrogens with zero attached hydrogens (tertiary/aromatic N) is 2. The first-order valence-electron chi connectivity index (χ1n) is 7.00. The van der Waals surface area contributed by atoms with E-state index < -0.39 is 0 Å². The molecule has 1 aromatic rings. The highest BCUT2D eigenvalue weighted by atomic mass is 32.1. The molecule has 0 aliphatic rings. The number of aryl methyl sites for hydroxylation is 2. The first-order chi connectivity index (χ1) is 11.2. The van der Waals surface area contributed by atoms with Crippen LogP contribution in [0.3, 0.4) is 0 Å². The van der Waals surface area contributed by atoms with Crippen molar-refractivity contribution < 1.29 is 0 Å². The van der Waals surface area contributed by atoms with Gasteiger partial charge in [-0.1, -0.05) is 12.1 Å². The fraction of sp³-hybridized carbons (Fsp3) is 0.286. The van der Waals surface area contributed by atoms with E-state index in [1.165, 1.54) is 0 Å². The summed E-state index contributed by atoms with van der Waals surface area (Å²) in [6.07, 6.45) is 0. The Kier molecular flexibility index (Phi) is 7.33. The molecule has 0 fully saturated rings. The van der Waals surface area contributed by atoms with Crippen molar-refractivity contribution in [1.29, 1.82) is 0 Å². The van der Waals surface area contributed by atoms with Gasteiger partial charge < -0.3 is 33.6 Å². The number of hydrogen-bond acceptors (Lipinski definition) is 4. The Morgan fingerprint density at radius 3 is 1.46 bits per heavy atom. The highest BCUT2D eigenvalue weighted by molar-refractivity contribution is 7.80. The number of hydrogen-bond donors (Lipinski definition) is 6. The lowest BCUT2D eigenvalue weighted by atomic mass is 10.00. The molecule has 0 atom stereocenters. The molecule has 0 radical (unpaired) electrons. The first kappa shape index (κ1) is 19.6. The minimum Gasteiger partial charge on any atom is -0.376 e. The van der Waals surface area contributed by atoms with Gasteiger partial charge in [-0.15, -0.1) is 0 Å². The number of thiocarbonyl (C=S) groups is 2. The fourth-order valence-electron chi connectivity index (χ4n) is 1.95. The number of benzene rings is 1. The second-order valence-electron chi connectivity index (χ2n) is 5.09. The summed E-state index contributed by atoms with van der Waals surface area (Å²) in [5.74, 6) is 0.370. The third-order valence-corrected chi connectivity index (χ3v) is 3.34. The molecule has 0 bridgehead atoms. The van der Waals surface area contributed by atoms with Gasteiger partial charge in [0.05, 0.1) is 13.1 Å². The van der Waals surface area contributed by atoms with E-state index in [9.17, 15) is 0 Å². The number of guanidine groups is 2. The van der Waals surface area contributed by atoms with Crippen molar-refractivity contribution in [2.24, 2.45) is 32.9 Å². The van der Waals surface area contributed by atoms with Crippen LogP contribution >= 0.6 is 24.4 Å². The van der Waals surface area contributed by atoms with Gasteiger partial charge in [0, 0.05) is 0 Å². The lowest BCUT2D eigenvalue weighted by molar-refractivity contribution is 0.984. The van der Waals surface area contributed by atoms with Crippen molar-refractivity contribution in [3.05, 3.63) is 34.4 Å². The van der Waals surface area contributed by atoms with Crippen LogP contribution < -0.4 is 33.6 Å². The van der Waals surface area contributed by atoms with Crippen LogP contribution in [0, 0.1) is 13.8 Å². The Morgan fingerprint density at radius 1 is 0.833 bits per heavy atom. The van der Waals surface area contributed by atoms with Gasteiger partial charge in [-0.2, -0.15) is 0 Å². The SMILES string of the molecule is Cc1cc(CN=C(N)NC(N)=S)c(C)cc1CN=C(N)NC(N)=S. The average Bonchev–Trinajstić information content (AvgIpc) is 2.44. The summed E-state index contributed by atoms with van der Waals surface area (Å²) in [5, 5.41) is 5.34. The maximum atomic E-state index is 5.67. The minimum absolute atomic E-state index is 0.0838. The molecule has 8 nitrogen and oxygen atoms in total. The molecule has 130 valence electrons. The maximum absolute atomic E-state index is 5.67. The Morgan fingerprint density at radius 2 is 1.17 bits per heavy atom. The van der Waals surface area contributed by atoms with Crippen LogP contribution in [0.4, 0.5) is 0 Å². The van der Waals surface area contributed by atoms with E-state index in [0.29, 0.717) is 13.1 Å². The third-order valence-electron chi connectivity index (χ3n) is 3.14. The molecule has 10 heteroatoms. The summed E-state index contributed by atoms with van der Waals surface area (Å²) in [4.78, 5) is 8.41. The average molecular weight is 367 g/mol. The fourth-order valence-corrected chi connectivity index (χ4v) is 2.16. The van der Waals surface area contributed by atoms with E-state index in [2.05, 4.69) is 20.6 Å². The molecule has 0 spiro atoms. The monoisotopic (exact) mass is 366 g/mol. The van der Waals surface area contributed by atoms with Crippen molar-refractivity contribution in [1.82, 2.24) is 10.6 Å². The molecule has 0 aliphatic heterocycles. The van der Waals surface area contributed by atoms with E-state index in [4.69, 9.17) is 47.4 Å². The Labute approximate surface area is 151 Å². The highest BCUT2D eigenvalue weighted by Gasteiger charge is 2.05. The minimum atomic E-state index is 0.0838. The van der Waals surface area contributed by atoms with Gasteiger partial charge in [0.1, 0.15) is 0 Å². The van der Waals surface area contributed by atoms with Crippen molar-refractivity contribution in [2.45, 2.75) is 26.9 Å². The summed E-state index contributed by atoms with van der Waals surface area (Å²) in [6, 6.07) is 4.07. The number of nitrogens with one attached hydrogen (secondary N) is 2. The first-order valence-corrected chi connectivity index (χ1v) is 7.82. The van der Waals surface area contributed by atoms with Gasteiger partial charge in [-0.25, -0.2) is 9.98 Å². The number of nitrogens with two attached hydrogens (primary N) is 4. The van der Waals surface area contributed by atoms with Gasteiger partial charge >= 0.3 is 0 Å². The molecule has 0 saturated carbocycles. The zero-order valence-electron chi connectivity index (χ0n) is 13.6. The quantitative estimate of drug-likeness (QED) is 0.239. The van der Waals surface area contributed by atoms with Gasteiger partial charge in [0.25, 0.3) is 0 Å². The molecule has 10 N–H and O–H groups in total. The smallest absolute Gasteiger partial charge is 0.195 e. The van der Waals surface area contributed by atoms with E-state index in [1.807, 2.05) is 26.0 Å². The molecule has 24 heavy (non-hydrogen) atoms. The second kappa shape index (κ2) is 8.99. The molecule has 0 unspecified atom stereocenters. The molecular formula is C14H22N8S2. The molecule has 0 saturated heterocycles. The van der Waals surface area contributed by atoms with Crippen molar-refractivity contribution in [3.63, 3.8) is 0 Å². The summed E-state index contributed by atoms with van der Waals surface area (Å²) < 4.78 is 0. The van der Waals surface area contributed by atoms with Crippen molar-refractivity contribution in [3.8, 4) is 0 Å². The normalized spacial score (nSPS) is 11.9. The van der Waals surface area contributed by atoms with Crippen LogP contribution in [0.5, 0.6) is 0 Å². The van der Waals surface area contributed by atoms with E-state index in [0.717, 1.165) is 22.3 Å². The van der Waals surface area contributed by atoms with E-state index >= 15 is 0 Å². The Bertz CT molecular complexity index is 637. The second-order valence-corrected chi connectivity index (χ2v) is 5.97.